The Hall–Kier alpha value is -2.90. The van der Waals surface area contributed by atoms with Crippen LogP contribution in [0.3, 0.4) is 0 Å². The molecule has 0 bridgehead atoms. The lowest BCUT2D eigenvalue weighted by atomic mass is 9.95. The highest BCUT2D eigenvalue weighted by Crippen LogP contribution is 2.26. The lowest BCUT2D eigenvalue weighted by Crippen LogP contribution is -2.33. The molecule has 1 aromatic heterocycles. The molecule has 8 heteroatoms. The van der Waals surface area contributed by atoms with Crippen molar-refractivity contribution in [2.24, 2.45) is 5.92 Å². The normalized spacial score (nSPS) is 17.1. The zero-order valence-corrected chi connectivity index (χ0v) is 18.8. The molecule has 2 atom stereocenters. The van der Waals surface area contributed by atoms with Gasteiger partial charge in [-0.1, -0.05) is 11.6 Å². The number of ether oxygens (including phenoxy) is 1. The second kappa shape index (κ2) is 9.71. The van der Waals surface area contributed by atoms with Gasteiger partial charge >= 0.3 is 0 Å². The maximum absolute atomic E-state index is 13.2. The Labute approximate surface area is 191 Å². The van der Waals surface area contributed by atoms with Crippen LogP contribution < -0.4 is 15.8 Å². The average molecular weight is 457 g/mol. The zero-order valence-electron chi connectivity index (χ0n) is 18.1. The zero-order chi connectivity index (χ0) is 22.7. The highest BCUT2D eigenvalue weighted by Gasteiger charge is 2.22. The summed E-state index contributed by atoms with van der Waals surface area (Å²) < 4.78 is 20.0. The quantitative estimate of drug-likeness (QED) is 0.564. The molecule has 6 nitrogen and oxygen atoms in total. The molecule has 0 saturated carbocycles. The lowest BCUT2D eigenvalue weighted by molar-refractivity contribution is 0.0496. The van der Waals surface area contributed by atoms with E-state index < -0.39 is 0 Å². The summed E-state index contributed by atoms with van der Waals surface area (Å²) in [5, 5.41) is 7.75. The fraction of sp³-hybridized carbons (Fsp3) is 0.333. The molecular formula is C24H26ClFN4O2. The van der Waals surface area contributed by atoms with E-state index in [0.29, 0.717) is 23.9 Å². The number of nitrogens with one attached hydrogen (secondary N) is 1. The van der Waals surface area contributed by atoms with Crippen molar-refractivity contribution in [3.05, 3.63) is 75.9 Å². The molecule has 1 fully saturated rings. The van der Waals surface area contributed by atoms with Crippen LogP contribution in [0.1, 0.15) is 19.8 Å². The first kappa shape index (κ1) is 22.3. The van der Waals surface area contributed by atoms with Crippen molar-refractivity contribution >= 4 is 28.7 Å². The topological polar surface area (TPSA) is 59.4 Å². The SMILES string of the molecule is C[C@@H](Nc1cnn(-c2ccc(N(C)c3ccc(F)cc3)cc2)c(=O)c1Cl)C1CCCOC1. The van der Waals surface area contributed by atoms with Crippen LogP contribution in [0.25, 0.3) is 5.69 Å². The molecule has 1 N–H and O–H groups in total. The van der Waals surface area contributed by atoms with Crippen molar-refractivity contribution in [2.45, 2.75) is 25.8 Å². The van der Waals surface area contributed by atoms with Crippen LogP contribution in [0.2, 0.25) is 5.02 Å². The van der Waals surface area contributed by atoms with Crippen molar-refractivity contribution in [1.29, 1.82) is 0 Å². The number of nitrogens with zero attached hydrogens (tertiary/aromatic N) is 3. The molecule has 32 heavy (non-hydrogen) atoms. The van der Waals surface area contributed by atoms with Gasteiger partial charge in [-0.2, -0.15) is 9.78 Å². The molecule has 1 saturated heterocycles. The van der Waals surface area contributed by atoms with E-state index in [9.17, 15) is 9.18 Å². The Morgan fingerprint density at radius 1 is 1.19 bits per heavy atom. The highest BCUT2D eigenvalue weighted by atomic mass is 35.5. The van der Waals surface area contributed by atoms with Gasteiger partial charge in [-0.3, -0.25) is 4.79 Å². The van der Waals surface area contributed by atoms with Gasteiger partial charge in [-0.05, 0) is 68.3 Å². The van der Waals surface area contributed by atoms with Gasteiger partial charge in [0.25, 0.3) is 5.56 Å². The maximum atomic E-state index is 13.2. The van der Waals surface area contributed by atoms with E-state index in [-0.39, 0.29) is 22.4 Å². The third-order valence-electron chi connectivity index (χ3n) is 5.90. The van der Waals surface area contributed by atoms with Gasteiger partial charge in [0.1, 0.15) is 10.8 Å². The predicted octanol–water partition coefficient (Wildman–Crippen LogP) is 5.02. The summed E-state index contributed by atoms with van der Waals surface area (Å²) in [5.74, 6) is 0.0899. The Balaban J connectivity index is 1.51. The molecule has 1 aliphatic heterocycles. The third kappa shape index (κ3) is 4.79. The Morgan fingerprint density at radius 3 is 2.47 bits per heavy atom. The number of halogens is 2. The summed E-state index contributed by atoms with van der Waals surface area (Å²) in [6.07, 6.45) is 3.70. The van der Waals surface area contributed by atoms with Crippen LogP contribution in [0, 0.1) is 11.7 Å². The summed E-state index contributed by atoms with van der Waals surface area (Å²) in [6.45, 7) is 3.58. The first-order valence-electron chi connectivity index (χ1n) is 10.7. The van der Waals surface area contributed by atoms with E-state index in [1.54, 1.807) is 30.5 Å². The molecule has 0 radical (unpaired) electrons. The van der Waals surface area contributed by atoms with Crippen LogP contribution in [0.5, 0.6) is 0 Å². The number of hydrogen-bond acceptors (Lipinski definition) is 5. The van der Waals surface area contributed by atoms with Gasteiger partial charge in [-0.25, -0.2) is 4.39 Å². The second-order valence-corrected chi connectivity index (χ2v) is 8.43. The summed E-state index contributed by atoms with van der Waals surface area (Å²) in [5.41, 5.74) is 2.49. The van der Waals surface area contributed by atoms with Crippen LogP contribution in [0.15, 0.2) is 59.5 Å². The minimum absolute atomic E-state index is 0.107. The van der Waals surface area contributed by atoms with Crippen molar-refractivity contribution in [1.82, 2.24) is 9.78 Å². The van der Waals surface area contributed by atoms with Crippen molar-refractivity contribution < 1.29 is 9.13 Å². The Bertz CT molecular complexity index is 1110. The van der Waals surface area contributed by atoms with Crippen molar-refractivity contribution in [2.75, 3.05) is 30.5 Å². The number of rotatable bonds is 6. The monoisotopic (exact) mass is 456 g/mol. The number of benzene rings is 2. The first-order chi connectivity index (χ1) is 15.4. The Morgan fingerprint density at radius 2 is 1.84 bits per heavy atom. The van der Waals surface area contributed by atoms with Gasteiger partial charge in [0.2, 0.25) is 0 Å². The van der Waals surface area contributed by atoms with Crippen LogP contribution >= 0.6 is 11.6 Å². The van der Waals surface area contributed by atoms with Gasteiger partial charge < -0.3 is 15.0 Å². The summed E-state index contributed by atoms with van der Waals surface area (Å²) in [4.78, 5) is 14.8. The number of anilines is 3. The highest BCUT2D eigenvalue weighted by molar-refractivity contribution is 6.33. The van der Waals surface area contributed by atoms with Crippen LogP contribution in [0.4, 0.5) is 21.5 Å². The molecular weight excluding hydrogens is 431 g/mol. The molecule has 4 rings (SSSR count). The molecule has 2 aromatic carbocycles. The van der Waals surface area contributed by atoms with Crippen molar-refractivity contribution in [3.8, 4) is 5.69 Å². The summed E-state index contributed by atoms with van der Waals surface area (Å²) >= 11 is 6.40. The molecule has 0 spiro atoms. The van der Waals surface area contributed by atoms with E-state index in [2.05, 4.69) is 17.3 Å². The third-order valence-corrected chi connectivity index (χ3v) is 6.27. The molecule has 1 aliphatic rings. The van der Waals surface area contributed by atoms with Gasteiger partial charge in [0.15, 0.2) is 0 Å². The molecule has 2 heterocycles. The second-order valence-electron chi connectivity index (χ2n) is 8.05. The molecule has 0 amide bonds. The average Bonchev–Trinajstić information content (AvgIpc) is 2.83. The maximum Gasteiger partial charge on any atom is 0.292 e. The molecule has 0 aliphatic carbocycles. The van der Waals surface area contributed by atoms with Gasteiger partial charge in [-0.15, -0.1) is 0 Å². The summed E-state index contributed by atoms with van der Waals surface area (Å²) in [6, 6.07) is 13.7. The largest absolute Gasteiger partial charge is 0.381 e. The van der Waals surface area contributed by atoms with E-state index in [4.69, 9.17) is 16.3 Å². The van der Waals surface area contributed by atoms with E-state index in [0.717, 1.165) is 30.8 Å². The molecule has 168 valence electrons. The molecule has 1 unspecified atom stereocenters. The van der Waals surface area contributed by atoms with Gasteiger partial charge in [0, 0.05) is 37.0 Å². The van der Waals surface area contributed by atoms with Crippen molar-refractivity contribution in [3.63, 3.8) is 0 Å². The molecule has 3 aromatic rings. The summed E-state index contributed by atoms with van der Waals surface area (Å²) in [7, 11) is 1.89. The van der Waals surface area contributed by atoms with Crippen LogP contribution in [-0.4, -0.2) is 36.1 Å². The van der Waals surface area contributed by atoms with E-state index >= 15 is 0 Å². The minimum atomic E-state index is -0.386. The first-order valence-corrected chi connectivity index (χ1v) is 11.0. The number of aromatic nitrogens is 2. The standard InChI is InChI=1S/C24H26ClFN4O2/c1-16(17-4-3-13-32-15-17)28-22-14-27-30(24(31)23(22)25)21-11-9-20(10-12-21)29(2)19-7-5-18(26)6-8-19/h5-12,14,16-17,28H,3-4,13,15H2,1-2H3/t16-,17?/m1/s1. The smallest absolute Gasteiger partial charge is 0.292 e. The van der Waals surface area contributed by atoms with Crippen LogP contribution in [-0.2, 0) is 4.74 Å². The van der Waals surface area contributed by atoms with E-state index in [1.165, 1.54) is 16.8 Å². The van der Waals surface area contributed by atoms with E-state index in [1.807, 2.05) is 24.1 Å². The fourth-order valence-corrected chi connectivity index (χ4v) is 4.06. The lowest BCUT2D eigenvalue weighted by Gasteiger charge is -2.29. The number of hydrogen-bond donors (Lipinski definition) is 1. The fourth-order valence-electron chi connectivity index (χ4n) is 3.87. The minimum Gasteiger partial charge on any atom is -0.381 e. The Kier molecular flexibility index (Phi) is 6.77. The van der Waals surface area contributed by atoms with Gasteiger partial charge in [0.05, 0.1) is 24.2 Å². The predicted molar refractivity (Wildman–Crippen MR) is 126 cm³/mol.